The van der Waals surface area contributed by atoms with Gasteiger partial charge in [0.1, 0.15) is 6.04 Å². The van der Waals surface area contributed by atoms with E-state index in [0.717, 1.165) is 26.1 Å². The van der Waals surface area contributed by atoms with Gasteiger partial charge in [-0.1, -0.05) is 0 Å². The van der Waals surface area contributed by atoms with Gasteiger partial charge in [0.25, 0.3) is 0 Å². The van der Waals surface area contributed by atoms with E-state index in [1.165, 1.54) is 0 Å². The van der Waals surface area contributed by atoms with Crippen LogP contribution in [0.5, 0.6) is 0 Å². The Balaban J connectivity index is 2.13. The monoisotopic (exact) mass is 184 g/mol. The van der Waals surface area contributed by atoms with E-state index in [0.29, 0.717) is 11.8 Å². The zero-order chi connectivity index (χ0) is 9.42. The minimum atomic E-state index is -0.656. The second-order valence-corrected chi connectivity index (χ2v) is 4.14. The molecule has 2 aliphatic heterocycles. The first-order valence-corrected chi connectivity index (χ1v) is 4.84. The number of carboxylic acid groups (broad SMARTS) is 1. The number of likely N-dealkylation sites (N-methyl/N-ethyl adjacent to an activating group) is 1. The summed E-state index contributed by atoms with van der Waals surface area (Å²) in [5, 5.41) is 12.4. The maximum atomic E-state index is 11.0. The Morgan fingerprint density at radius 1 is 1.62 bits per heavy atom. The lowest BCUT2D eigenvalue weighted by atomic mass is 9.85. The first-order valence-electron chi connectivity index (χ1n) is 4.84. The number of carbonyl (C=O) groups is 1. The van der Waals surface area contributed by atoms with Crippen LogP contribution in [-0.4, -0.2) is 48.7 Å². The van der Waals surface area contributed by atoms with Crippen LogP contribution in [0, 0.1) is 11.8 Å². The van der Waals surface area contributed by atoms with Crippen molar-refractivity contribution in [1.82, 2.24) is 10.2 Å². The van der Waals surface area contributed by atoms with Crippen LogP contribution in [0.4, 0.5) is 0 Å². The summed E-state index contributed by atoms with van der Waals surface area (Å²) in [6.07, 6.45) is 1.01. The number of piperidine rings is 1. The van der Waals surface area contributed by atoms with Crippen molar-refractivity contribution in [2.45, 2.75) is 12.5 Å². The van der Waals surface area contributed by atoms with Crippen LogP contribution in [-0.2, 0) is 4.79 Å². The van der Waals surface area contributed by atoms with Crippen LogP contribution >= 0.6 is 0 Å². The van der Waals surface area contributed by atoms with Gasteiger partial charge in [-0.3, -0.25) is 9.69 Å². The number of aliphatic carboxylic acids is 1. The molecule has 0 aromatic rings. The summed E-state index contributed by atoms with van der Waals surface area (Å²) in [6.45, 7) is 2.88. The smallest absolute Gasteiger partial charge is 0.321 e. The molecule has 0 radical (unpaired) electrons. The summed E-state index contributed by atoms with van der Waals surface area (Å²) in [5.41, 5.74) is 0. The van der Waals surface area contributed by atoms with Crippen molar-refractivity contribution in [1.29, 1.82) is 0 Å². The largest absolute Gasteiger partial charge is 0.480 e. The van der Waals surface area contributed by atoms with E-state index in [1.807, 2.05) is 11.9 Å². The van der Waals surface area contributed by atoms with E-state index in [-0.39, 0.29) is 6.04 Å². The maximum absolute atomic E-state index is 11.0. The van der Waals surface area contributed by atoms with Crippen LogP contribution in [0.25, 0.3) is 0 Å². The number of nitrogens with zero attached hydrogens (tertiary/aromatic N) is 1. The molecule has 0 bridgehead atoms. The molecule has 3 unspecified atom stereocenters. The lowest BCUT2D eigenvalue weighted by Crippen LogP contribution is -2.41. The Kier molecular flexibility index (Phi) is 2.26. The molecule has 2 N–H and O–H groups in total. The first-order chi connectivity index (χ1) is 6.20. The summed E-state index contributed by atoms with van der Waals surface area (Å²) < 4.78 is 0. The SMILES string of the molecule is CN1CC2CNCCC2C1C(=O)O. The fraction of sp³-hybridized carbons (Fsp3) is 0.889. The molecular formula is C9H16N2O2. The lowest BCUT2D eigenvalue weighted by Gasteiger charge is -2.27. The zero-order valence-corrected chi connectivity index (χ0v) is 7.86. The molecule has 0 aromatic heterocycles. The van der Waals surface area contributed by atoms with Crippen molar-refractivity contribution >= 4 is 5.97 Å². The predicted molar refractivity (Wildman–Crippen MR) is 48.5 cm³/mol. The van der Waals surface area contributed by atoms with Gasteiger partial charge in [-0.05, 0) is 38.4 Å². The molecule has 74 valence electrons. The minimum absolute atomic E-state index is 0.243. The quantitative estimate of drug-likeness (QED) is 0.583. The van der Waals surface area contributed by atoms with Crippen molar-refractivity contribution in [2.75, 3.05) is 26.7 Å². The molecule has 2 fully saturated rings. The molecule has 2 aliphatic rings. The molecule has 3 atom stereocenters. The van der Waals surface area contributed by atoms with Crippen molar-refractivity contribution in [3.8, 4) is 0 Å². The second-order valence-electron chi connectivity index (χ2n) is 4.14. The first kappa shape index (κ1) is 8.97. The van der Waals surface area contributed by atoms with Crippen LogP contribution in [0.15, 0.2) is 0 Å². The van der Waals surface area contributed by atoms with E-state index in [9.17, 15) is 4.79 Å². The van der Waals surface area contributed by atoms with Crippen molar-refractivity contribution in [2.24, 2.45) is 11.8 Å². The summed E-state index contributed by atoms with van der Waals surface area (Å²) >= 11 is 0. The number of hydrogen-bond acceptors (Lipinski definition) is 3. The Labute approximate surface area is 77.9 Å². The third kappa shape index (κ3) is 1.44. The van der Waals surface area contributed by atoms with Crippen LogP contribution < -0.4 is 5.32 Å². The fourth-order valence-electron chi connectivity index (χ4n) is 2.74. The zero-order valence-electron chi connectivity index (χ0n) is 7.86. The van der Waals surface area contributed by atoms with Gasteiger partial charge in [0.15, 0.2) is 0 Å². The average Bonchev–Trinajstić information content (AvgIpc) is 2.39. The number of carboxylic acids is 1. The predicted octanol–water partition coefficient (Wildman–Crippen LogP) is -0.389. The normalized spacial score (nSPS) is 40.2. The van der Waals surface area contributed by atoms with E-state index in [1.54, 1.807) is 0 Å². The molecule has 4 nitrogen and oxygen atoms in total. The third-order valence-corrected chi connectivity index (χ3v) is 3.32. The van der Waals surface area contributed by atoms with Gasteiger partial charge in [-0.25, -0.2) is 0 Å². The third-order valence-electron chi connectivity index (χ3n) is 3.32. The summed E-state index contributed by atoms with van der Waals surface area (Å²) in [4.78, 5) is 13.0. The topological polar surface area (TPSA) is 52.6 Å². The van der Waals surface area contributed by atoms with E-state index in [2.05, 4.69) is 5.32 Å². The van der Waals surface area contributed by atoms with Crippen molar-refractivity contribution < 1.29 is 9.90 Å². The molecule has 2 heterocycles. The maximum Gasteiger partial charge on any atom is 0.321 e. The van der Waals surface area contributed by atoms with Gasteiger partial charge >= 0.3 is 5.97 Å². The van der Waals surface area contributed by atoms with Gasteiger partial charge in [-0.15, -0.1) is 0 Å². The van der Waals surface area contributed by atoms with Crippen LogP contribution in [0.1, 0.15) is 6.42 Å². The molecule has 0 aromatic carbocycles. The highest BCUT2D eigenvalue weighted by Crippen LogP contribution is 2.32. The van der Waals surface area contributed by atoms with Gasteiger partial charge in [0.05, 0.1) is 0 Å². The number of hydrogen-bond donors (Lipinski definition) is 2. The van der Waals surface area contributed by atoms with Gasteiger partial charge < -0.3 is 10.4 Å². The summed E-state index contributed by atoms with van der Waals surface area (Å²) in [5.74, 6) is 0.250. The van der Waals surface area contributed by atoms with E-state index >= 15 is 0 Å². The summed E-state index contributed by atoms with van der Waals surface area (Å²) in [6, 6.07) is -0.243. The molecule has 4 heteroatoms. The molecule has 0 spiro atoms. The van der Waals surface area contributed by atoms with E-state index in [4.69, 9.17) is 5.11 Å². The molecule has 0 saturated carbocycles. The van der Waals surface area contributed by atoms with Crippen molar-refractivity contribution in [3.63, 3.8) is 0 Å². The van der Waals surface area contributed by atoms with Gasteiger partial charge in [0.2, 0.25) is 0 Å². The molecule has 2 saturated heterocycles. The molecular weight excluding hydrogens is 168 g/mol. The lowest BCUT2D eigenvalue weighted by molar-refractivity contribution is -0.143. The average molecular weight is 184 g/mol. The number of nitrogens with one attached hydrogen (secondary N) is 1. The Morgan fingerprint density at radius 3 is 3.08 bits per heavy atom. The summed E-state index contributed by atoms with van der Waals surface area (Å²) in [7, 11) is 1.91. The number of fused-ring (bicyclic) bond motifs is 1. The molecule has 2 rings (SSSR count). The van der Waals surface area contributed by atoms with Gasteiger partial charge in [-0.2, -0.15) is 0 Å². The Bertz CT molecular complexity index is 220. The molecule has 0 amide bonds. The fourth-order valence-corrected chi connectivity index (χ4v) is 2.74. The Hall–Kier alpha value is -0.610. The second kappa shape index (κ2) is 3.27. The van der Waals surface area contributed by atoms with Gasteiger partial charge in [0, 0.05) is 6.54 Å². The highest BCUT2D eigenvalue weighted by Gasteiger charge is 2.44. The number of rotatable bonds is 1. The molecule has 13 heavy (non-hydrogen) atoms. The highest BCUT2D eigenvalue weighted by molar-refractivity contribution is 5.74. The van der Waals surface area contributed by atoms with Crippen LogP contribution in [0.3, 0.4) is 0 Å². The standard InChI is InChI=1S/C9H16N2O2/c1-11-5-6-4-10-3-2-7(6)8(11)9(12)13/h6-8,10H,2-5H2,1H3,(H,12,13). The van der Waals surface area contributed by atoms with Crippen molar-refractivity contribution in [3.05, 3.63) is 0 Å². The number of likely N-dealkylation sites (tertiary alicyclic amines) is 1. The Morgan fingerprint density at radius 2 is 2.38 bits per heavy atom. The van der Waals surface area contributed by atoms with Crippen LogP contribution in [0.2, 0.25) is 0 Å². The molecule has 0 aliphatic carbocycles. The minimum Gasteiger partial charge on any atom is -0.480 e. The van der Waals surface area contributed by atoms with E-state index < -0.39 is 5.97 Å². The highest BCUT2D eigenvalue weighted by atomic mass is 16.4.